The lowest BCUT2D eigenvalue weighted by Gasteiger charge is -2.18. The van der Waals surface area contributed by atoms with E-state index >= 15 is 0 Å². The van der Waals surface area contributed by atoms with E-state index in [1.54, 1.807) is 25.1 Å². The number of hydrogen-bond acceptors (Lipinski definition) is 14. The summed E-state index contributed by atoms with van der Waals surface area (Å²) in [7, 11) is 0. The van der Waals surface area contributed by atoms with Gasteiger partial charge in [-0.15, -0.1) is 0 Å². The molecule has 1 aromatic rings. The largest absolute Gasteiger partial charge is 0.512 e. The summed E-state index contributed by atoms with van der Waals surface area (Å²) < 4.78 is 27.8. The third-order valence-electron chi connectivity index (χ3n) is 15.1. The van der Waals surface area contributed by atoms with Gasteiger partial charge in [0.25, 0.3) is 0 Å². The number of nitrogens with one attached hydrogen (secondary N) is 2. The summed E-state index contributed by atoms with van der Waals surface area (Å²) in [5.41, 5.74) is 1.52. The van der Waals surface area contributed by atoms with E-state index in [4.69, 9.17) is 28.8 Å². The minimum Gasteiger partial charge on any atom is -0.512 e. The van der Waals surface area contributed by atoms with Gasteiger partial charge < -0.3 is 44.1 Å². The molecule has 492 valence electrons. The van der Waals surface area contributed by atoms with Crippen LogP contribution in [0.4, 0.5) is 21.0 Å². The number of ether oxygens (including phenoxy) is 5. The number of hydrogen-bond donors (Lipinski definition) is 6. The summed E-state index contributed by atoms with van der Waals surface area (Å²) in [5.74, 6) is -1.66. The summed E-state index contributed by atoms with van der Waals surface area (Å²) in [4.78, 5) is 64.0. The first-order chi connectivity index (χ1) is 41.7. The predicted octanol–water partition coefficient (Wildman–Crippen LogP) is 18.5. The molecule has 0 aliphatic heterocycles. The van der Waals surface area contributed by atoms with Gasteiger partial charge in [-0.2, -0.15) is 0 Å². The molecule has 0 spiro atoms. The number of anilines is 2. The molecule has 0 saturated carbocycles. The zero-order valence-electron chi connectivity index (χ0n) is 54.0. The van der Waals surface area contributed by atoms with Crippen LogP contribution in [0, 0.1) is 6.92 Å². The number of benzene rings is 1. The molecule has 0 radical (unpaired) electrons. The van der Waals surface area contributed by atoms with E-state index in [0.717, 1.165) is 154 Å². The lowest BCUT2D eigenvalue weighted by Crippen LogP contribution is -2.30. The van der Waals surface area contributed by atoms with Crippen molar-refractivity contribution in [3.8, 4) is 0 Å². The lowest BCUT2D eigenvalue weighted by atomic mass is 10.1. The molecule has 0 fully saturated rings. The topological polar surface area (TPSA) is 236 Å². The average Bonchev–Trinajstić information content (AvgIpc) is 3.70. The molecule has 1 aromatic carbocycles. The highest BCUT2D eigenvalue weighted by atomic mass is 16.6. The van der Waals surface area contributed by atoms with Crippen LogP contribution < -0.4 is 10.6 Å². The predicted molar refractivity (Wildman–Crippen MR) is 346 cm³/mol. The van der Waals surface area contributed by atoms with Crippen molar-refractivity contribution in [1.82, 2.24) is 0 Å². The molecule has 0 saturated heterocycles. The molecular weight excluding hydrogens is 1090 g/mol. The molecule has 16 heteroatoms. The van der Waals surface area contributed by atoms with Gasteiger partial charge in [0.1, 0.15) is 25.6 Å². The van der Waals surface area contributed by atoms with Gasteiger partial charge in [0, 0.05) is 37.1 Å². The molecule has 0 aromatic heterocycles. The number of aliphatic hydroxyl groups is 4. The second-order valence-corrected chi connectivity index (χ2v) is 23.3. The van der Waals surface area contributed by atoms with Crippen LogP contribution >= 0.6 is 0 Å². The van der Waals surface area contributed by atoms with Crippen LogP contribution in [0.25, 0.3) is 0 Å². The van der Waals surface area contributed by atoms with E-state index in [2.05, 4.69) is 67.9 Å². The van der Waals surface area contributed by atoms with E-state index in [1.165, 1.54) is 45.4 Å². The Labute approximate surface area is 519 Å². The maximum Gasteiger partial charge on any atom is 0.412 e. The van der Waals surface area contributed by atoms with Gasteiger partial charge in [0.15, 0.2) is 18.0 Å². The van der Waals surface area contributed by atoms with Crippen molar-refractivity contribution in [2.45, 2.75) is 316 Å². The van der Waals surface area contributed by atoms with Crippen LogP contribution in [0.15, 0.2) is 66.7 Å². The van der Waals surface area contributed by atoms with Crippen LogP contribution in [0.1, 0.15) is 284 Å². The van der Waals surface area contributed by atoms with Crippen molar-refractivity contribution in [2.24, 2.45) is 0 Å². The summed E-state index contributed by atoms with van der Waals surface area (Å²) in [6.45, 7) is 9.36. The first-order valence-corrected chi connectivity index (χ1v) is 33.6. The molecule has 2 amide bonds. The third-order valence-corrected chi connectivity index (χ3v) is 15.1. The number of allylic oxidation sites excluding steroid dienone is 3. The van der Waals surface area contributed by atoms with Gasteiger partial charge in [-0.1, -0.05) is 192 Å². The van der Waals surface area contributed by atoms with E-state index in [1.807, 2.05) is 0 Å². The Morgan fingerprint density at radius 1 is 0.477 bits per heavy atom. The Bertz CT molecular complexity index is 2020. The fourth-order valence-corrected chi connectivity index (χ4v) is 9.64. The number of esters is 3. The summed E-state index contributed by atoms with van der Waals surface area (Å²) in [5, 5.41) is 44.3. The van der Waals surface area contributed by atoms with Gasteiger partial charge in [-0.25, -0.2) is 9.59 Å². The molecule has 0 heterocycles. The van der Waals surface area contributed by atoms with Crippen molar-refractivity contribution >= 4 is 41.5 Å². The highest BCUT2D eigenvalue weighted by molar-refractivity contribution is 5.90. The fraction of sp³-hybridized carbons (Fsp3) is 0.729. The SMILES string of the molecule is CCCCCCC(O)C/C=C\CCCCCCCC(=O)OCC(COC(=O)CCCCCCC/C=C\CC(CCCCCC)OC(=O)Nc1ccc(C)c(NC(=O)OC(C)/C(O)=C/O)c1)OC(=O)CCCCCCC/C=C\CC(O)CCCCCC. The number of rotatable bonds is 55. The minimum absolute atomic E-state index is 0.173. The van der Waals surface area contributed by atoms with E-state index in [9.17, 15) is 39.3 Å². The first-order valence-electron chi connectivity index (χ1n) is 33.6. The summed E-state index contributed by atoms with van der Waals surface area (Å²) >= 11 is 0. The molecule has 5 unspecified atom stereocenters. The summed E-state index contributed by atoms with van der Waals surface area (Å²) in [6.07, 6.45) is 44.3. The Morgan fingerprint density at radius 2 is 0.895 bits per heavy atom. The van der Waals surface area contributed by atoms with Crippen molar-refractivity contribution in [3.63, 3.8) is 0 Å². The maximum atomic E-state index is 13.1. The smallest absolute Gasteiger partial charge is 0.412 e. The second-order valence-electron chi connectivity index (χ2n) is 23.3. The van der Waals surface area contributed by atoms with Crippen molar-refractivity contribution in [2.75, 3.05) is 23.8 Å². The Morgan fingerprint density at radius 3 is 1.37 bits per heavy atom. The molecule has 1 rings (SSSR count). The Hall–Kier alpha value is -5.35. The maximum absolute atomic E-state index is 13.1. The van der Waals surface area contributed by atoms with Crippen LogP contribution in [-0.2, 0) is 38.1 Å². The monoisotopic (exact) mass is 1210 g/mol. The Kier molecular flexibility index (Phi) is 50.3. The highest BCUT2D eigenvalue weighted by Crippen LogP contribution is 2.23. The van der Waals surface area contributed by atoms with E-state index in [-0.39, 0.29) is 62.7 Å². The molecule has 6 N–H and O–H groups in total. The molecule has 86 heavy (non-hydrogen) atoms. The zero-order chi connectivity index (χ0) is 63.1. The van der Waals surface area contributed by atoms with Crippen molar-refractivity contribution in [1.29, 1.82) is 0 Å². The number of aryl methyl sites for hydroxylation is 1. The van der Waals surface area contributed by atoms with Gasteiger partial charge in [-0.05, 0) is 128 Å². The van der Waals surface area contributed by atoms with Crippen LogP contribution in [0.5, 0.6) is 0 Å². The van der Waals surface area contributed by atoms with E-state index in [0.29, 0.717) is 61.7 Å². The minimum atomic E-state index is -1.06. The summed E-state index contributed by atoms with van der Waals surface area (Å²) in [6, 6.07) is 5.01. The highest BCUT2D eigenvalue weighted by Gasteiger charge is 2.21. The fourth-order valence-electron chi connectivity index (χ4n) is 9.64. The lowest BCUT2D eigenvalue weighted by molar-refractivity contribution is -0.167. The van der Waals surface area contributed by atoms with Crippen molar-refractivity contribution in [3.05, 3.63) is 72.2 Å². The number of carbonyl (C=O) groups is 5. The zero-order valence-corrected chi connectivity index (χ0v) is 54.0. The quantitative estimate of drug-likeness (QED) is 0.0117. The molecular formula is C70H118N2O14. The molecule has 5 atom stereocenters. The third kappa shape index (κ3) is 46.8. The number of carbonyl (C=O) groups excluding carboxylic acids is 5. The second kappa shape index (κ2) is 55.0. The average molecular weight is 1210 g/mol. The molecule has 0 aliphatic carbocycles. The van der Waals surface area contributed by atoms with Gasteiger partial charge in [0.05, 0.1) is 12.2 Å². The van der Waals surface area contributed by atoms with Crippen LogP contribution in [-0.4, -0.2) is 94.3 Å². The first kappa shape index (κ1) is 78.7. The number of unbranched alkanes of at least 4 members (excludes halogenated alkanes) is 24. The molecule has 0 bridgehead atoms. The molecule has 0 aliphatic rings. The van der Waals surface area contributed by atoms with Crippen LogP contribution in [0.3, 0.4) is 0 Å². The number of amides is 2. The normalized spacial score (nSPS) is 13.6. The standard InChI is InChI=1S/C70H118N2O14/c1-6-9-12-33-42-60(74)44-35-27-21-15-18-24-30-39-48-66(77)82-55-63(85-68(79)50-41-32-26-19-16-22-28-36-45-61(75)43-34-13-10-7-2)56-83-67(78)49-40-31-25-20-17-23-29-38-47-62(46-37-14-11-8-3)86-69(80)71-59-52-51-57(4)64(53-59)72-70(81)84-58(5)65(76)54-73/h27-29,35-36,38,51-54,58,60-63,73-76H,6-26,30-34,37,39-50,55-56H2,1-5H3,(H,71,80)(H,72,81)/b35-27-,36-28-,38-29-,65-54-. The van der Waals surface area contributed by atoms with Gasteiger partial charge >= 0.3 is 30.1 Å². The molecule has 16 nitrogen and oxygen atoms in total. The van der Waals surface area contributed by atoms with Crippen LogP contribution in [0.2, 0.25) is 0 Å². The van der Waals surface area contributed by atoms with E-state index < -0.39 is 36.1 Å². The Balaban J connectivity index is 2.56. The van der Waals surface area contributed by atoms with Crippen molar-refractivity contribution < 1.29 is 68.1 Å². The number of aliphatic hydroxyl groups excluding tert-OH is 4. The van der Waals surface area contributed by atoms with Gasteiger partial charge in [0.2, 0.25) is 0 Å². The van der Waals surface area contributed by atoms with Gasteiger partial charge in [-0.3, -0.25) is 25.0 Å².